The lowest BCUT2D eigenvalue weighted by atomic mass is 10.3. The number of carbonyl (C=O) groups excluding carboxylic acids is 1. The lowest BCUT2D eigenvalue weighted by molar-refractivity contribution is -0.274. The van der Waals surface area contributed by atoms with Crippen molar-refractivity contribution < 1.29 is 32.2 Å². The maximum atomic E-state index is 12.2. The number of carbonyl (C=O) groups is 1. The average molecular weight is 355 g/mol. The van der Waals surface area contributed by atoms with Crippen LogP contribution in [0.25, 0.3) is 0 Å². The quantitative estimate of drug-likeness (QED) is 0.816. The summed E-state index contributed by atoms with van der Waals surface area (Å²) in [5.74, 6) is -0.0598. The normalized spacial score (nSPS) is 10.9. The van der Waals surface area contributed by atoms with Crippen molar-refractivity contribution in [2.24, 2.45) is 0 Å². The Balaban J connectivity index is 1.94. The minimum atomic E-state index is -4.80. The van der Waals surface area contributed by atoms with Gasteiger partial charge in [-0.3, -0.25) is 4.79 Å². The zero-order valence-corrected chi connectivity index (χ0v) is 13.3. The Morgan fingerprint density at radius 2 is 1.72 bits per heavy atom. The Morgan fingerprint density at radius 1 is 1.04 bits per heavy atom. The number of nitrogens with one attached hydrogen (secondary N) is 1. The van der Waals surface area contributed by atoms with E-state index < -0.39 is 18.0 Å². The highest BCUT2D eigenvalue weighted by Crippen LogP contribution is 2.27. The van der Waals surface area contributed by atoms with Crippen molar-refractivity contribution in [1.82, 2.24) is 0 Å². The Kier molecular flexibility index (Phi) is 6.10. The molecule has 0 fully saturated rings. The molecule has 0 radical (unpaired) electrons. The van der Waals surface area contributed by atoms with Gasteiger partial charge in [-0.05, 0) is 31.2 Å². The molecule has 0 unspecified atom stereocenters. The zero-order valence-electron chi connectivity index (χ0n) is 13.3. The van der Waals surface area contributed by atoms with Gasteiger partial charge < -0.3 is 19.5 Å². The number of anilines is 1. The highest BCUT2D eigenvalue weighted by atomic mass is 19.4. The van der Waals surface area contributed by atoms with Crippen molar-refractivity contribution in [1.29, 1.82) is 0 Å². The highest BCUT2D eigenvalue weighted by molar-refractivity contribution is 5.92. The molecule has 0 heterocycles. The van der Waals surface area contributed by atoms with Crippen molar-refractivity contribution in [3.8, 4) is 17.2 Å². The third-order valence-corrected chi connectivity index (χ3v) is 2.86. The third kappa shape index (κ3) is 6.25. The Hall–Kier alpha value is -2.90. The first-order valence-corrected chi connectivity index (χ1v) is 7.37. The zero-order chi connectivity index (χ0) is 18.3. The Morgan fingerprint density at radius 3 is 2.36 bits per heavy atom. The minimum Gasteiger partial charge on any atom is -0.490 e. The summed E-state index contributed by atoms with van der Waals surface area (Å²) in [4.78, 5) is 11.9. The second-order valence-corrected chi connectivity index (χ2v) is 4.79. The summed E-state index contributed by atoms with van der Waals surface area (Å²) in [6.07, 6.45) is -4.80. The van der Waals surface area contributed by atoms with E-state index in [4.69, 9.17) is 9.47 Å². The summed E-state index contributed by atoms with van der Waals surface area (Å²) < 4.78 is 51.2. The summed E-state index contributed by atoms with van der Waals surface area (Å²) in [6, 6.07) is 11.8. The molecule has 0 aliphatic carbocycles. The van der Waals surface area contributed by atoms with E-state index in [-0.39, 0.29) is 12.3 Å². The van der Waals surface area contributed by atoms with Crippen LogP contribution in [-0.2, 0) is 4.79 Å². The van der Waals surface area contributed by atoms with E-state index >= 15 is 0 Å². The number of amides is 1. The molecule has 2 rings (SSSR count). The number of para-hydroxylation sites is 2. The van der Waals surface area contributed by atoms with E-state index in [1.54, 1.807) is 24.3 Å². The molecule has 2 aromatic carbocycles. The summed E-state index contributed by atoms with van der Waals surface area (Å²) in [7, 11) is 0. The maximum Gasteiger partial charge on any atom is 0.573 e. The lowest BCUT2D eigenvalue weighted by Crippen LogP contribution is -2.21. The number of ether oxygens (including phenoxy) is 3. The molecule has 0 saturated carbocycles. The van der Waals surface area contributed by atoms with E-state index in [1.807, 2.05) is 6.92 Å². The monoisotopic (exact) mass is 355 g/mol. The molecule has 1 amide bonds. The van der Waals surface area contributed by atoms with Crippen LogP contribution in [-0.4, -0.2) is 25.5 Å². The van der Waals surface area contributed by atoms with Gasteiger partial charge in [-0.1, -0.05) is 18.2 Å². The second-order valence-electron chi connectivity index (χ2n) is 4.79. The number of halogens is 3. The first-order chi connectivity index (χ1) is 11.9. The number of alkyl halides is 3. The molecule has 5 nitrogen and oxygen atoms in total. The van der Waals surface area contributed by atoms with Crippen LogP contribution < -0.4 is 19.5 Å². The smallest absolute Gasteiger partial charge is 0.490 e. The largest absolute Gasteiger partial charge is 0.573 e. The minimum absolute atomic E-state index is 0.161. The topological polar surface area (TPSA) is 56.8 Å². The van der Waals surface area contributed by atoms with Crippen molar-refractivity contribution >= 4 is 11.6 Å². The first kappa shape index (κ1) is 18.4. The summed E-state index contributed by atoms with van der Waals surface area (Å²) in [5, 5.41) is 2.44. The van der Waals surface area contributed by atoms with Gasteiger partial charge in [0, 0.05) is 11.8 Å². The third-order valence-electron chi connectivity index (χ3n) is 2.86. The van der Waals surface area contributed by atoms with Gasteiger partial charge in [0.1, 0.15) is 5.75 Å². The first-order valence-electron chi connectivity index (χ1n) is 7.37. The molecule has 0 atom stereocenters. The molecule has 2 aromatic rings. The molecule has 0 bridgehead atoms. The number of hydrogen-bond donors (Lipinski definition) is 1. The number of benzene rings is 2. The van der Waals surface area contributed by atoms with Gasteiger partial charge >= 0.3 is 6.36 Å². The maximum absolute atomic E-state index is 12.2. The average Bonchev–Trinajstić information content (AvgIpc) is 2.53. The summed E-state index contributed by atoms with van der Waals surface area (Å²) in [6.45, 7) is 1.94. The van der Waals surface area contributed by atoms with Crippen LogP contribution >= 0.6 is 0 Å². The summed E-state index contributed by atoms with van der Waals surface area (Å²) in [5.41, 5.74) is 0.161. The van der Waals surface area contributed by atoms with Gasteiger partial charge in [0.05, 0.1) is 6.61 Å². The molecular weight excluding hydrogens is 339 g/mol. The predicted octanol–water partition coefficient (Wildman–Crippen LogP) is 4.00. The van der Waals surface area contributed by atoms with Crippen LogP contribution in [0.2, 0.25) is 0 Å². The van der Waals surface area contributed by atoms with Crippen molar-refractivity contribution in [3.63, 3.8) is 0 Å². The standard InChI is InChI=1S/C17H16F3NO4/c1-2-23-14-8-3-4-9-15(14)24-11-16(22)21-12-6-5-7-13(10-12)25-17(18,19)20/h3-10H,2,11H2,1H3,(H,21,22). The van der Waals surface area contributed by atoms with Gasteiger partial charge in [-0.25, -0.2) is 0 Å². The van der Waals surface area contributed by atoms with Crippen molar-refractivity contribution in [3.05, 3.63) is 48.5 Å². The van der Waals surface area contributed by atoms with Gasteiger partial charge in [0.15, 0.2) is 18.1 Å². The lowest BCUT2D eigenvalue weighted by Gasteiger charge is -2.12. The van der Waals surface area contributed by atoms with E-state index in [2.05, 4.69) is 10.1 Å². The fourth-order valence-corrected chi connectivity index (χ4v) is 1.96. The van der Waals surface area contributed by atoms with Gasteiger partial charge in [-0.15, -0.1) is 13.2 Å². The molecule has 1 N–H and O–H groups in total. The van der Waals surface area contributed by atoms with Crippen LogP contribution in [0.4, 0.5) is 18.9 Å². The van der Waals surface area contributed by atoms with Crippen molar-refractivity contribution in [2.45, 2.75) is 13.3 Å². The molecule has 0 aromatic heterocycles. The fraction of sp³-hybridized carbons (Fsp3) is 0.235. The van der Waals surface area contributed by atoms with Gasteiger partial charge in [0.25, 0.3) is 5.91 Å². The molecule has 0 aliphatic heterocycles. The predicted molar refractivity (Wildman–Crippen MR) is 84.9 cm³/mol. The SMILES string of the molecule is CCOc1ccccc1OCC(=O)Nc1cccc(OC(F)(F)F)c1. The van der Waals surface area contributed by atoms with Crippen molar-refractivity contribution in [2.75, 3.05) is 18.5 Å². The summed E-state index contributed by atoms with van der Waals surface area (Å²) >= 11 is 0. The Bertz CT molecular complexity index is 719. The molecule has 0 saturated heterocycles. The van der Waals surface area contributed by atoms with Crippen LogP contribution in [0.1, 0.15) is 6.92 Å². The molecule has 0 spiro atoms. The number of rotatable bonds is 7. The van der Waals surface area contributed by atoms with Crippen LogP contribution in [0.3, 0.4) is 0 Å². The van der Waals surface area contributed by atoms with Crippen LogP contribution in [0, 0.1) is 0 Å². The van der Waals surface area contributed by atoms with E-state index in [0.717, 1.165) is 12.1 Å². The molecule has 0 aliphatic rings. The molecule has 25 heavy (non-hydrogen) atoms. The molecule has 8 heteroatoms. The van der Waals surface area contributed by atoms with E-state index in [0.29, 0.717) is 18.1 Å². The number of hydrogen-bond acceptors (Lipinski definition) is 4. The highest BCUT2D eigenvalue weighted by Gasteiger charge is 2.31. The van der Waals surface area contributed by atoms with Gasteiger partial charge in [-0.2, -0.15) is 0 Å². The molecular formula is C17H16F3NO4. The Labute approximate surface area is 142 Å². The van der Waals surface area contributed by atoms with Gasteiger partial charge in [0.2, 0.25) is 0 Å². The van der Waals surface area contributed by atoms with E-state index in [9.17, 15) is 18.0 Å². The second kappa shape index (κ2) is 8.27. The van der Waals surface area contributed by atoms with Crippen LogP contribution in [0.15, 0.2) is 48.5 Å². The van der Waals surface area contributed by atoms with E-state index in [1.165, 1.54) is 12.1 Å². The fourth-order valence-electron chi connectivity index (χ4n) is 1.96. The van der Waals surface area contributed by atoms with Crippen LogP contribution in [0.5, 0.6) is 17.2 Å². The molecule has 134 valence electrons.